The summed E-state index contributed by atoms with van der Waals surface area (Å²) in [6, 6.07) is 7.59. The van der Waals surface area contributed by atoms with Crippen molar-refractivity contribution in [2.24, 2.45) is 63.1 Å². The third kappa shape index (κ3) is 5.27. The Balaban J connectivity index is 1.02. The molecule has 7 aliphatic rings. The molecule has 8 rings (SSSR count). The van der Waals surface area contributed by atoms with Gasteiger partial charge in [0, 0.05) is 25.2 Å². The fourth-order valence-electron chi connectivity index (χ4n) is 14.9. The van der Waals surface area contributed by atoms with Crippen LogP contribution in [0.25, 0.3) is 5.57 Å². The number of allylic oxidation sites excluding steroid dienone is 3. The average Bonchev–Trinajstić information content (AvgIpc) is 3.59. The number of carboxylic acid groups (broad SMARTS) is 1. The van der Waals surface area contributed by atoms with E-state index in [1.54, 1.807) is 12.1 Å². The average molecular weight is 717 g/mol. The molecule has 0 bridgehead atoms. The number of fused-ring (bicyclic) bond motifs is 8. The lowest BCUT2D eigenvalue weighted by molar-refractivity contribution is -0.219. The molecular weight excluding hydrogens is 653 g/mol. The van der Waals surface area contributed by atoms with E-state index < -0.39 is 15.8 Å². The van der Waals surface area contributed by atoms with Crippen molar-refractivity contribution in [1.82, 2.24) is 10.6 Å². The van der Waals surface area contributed by atoms with Crippen LogP contribution in [0.1, 0.15) is 122 Å². The topological polar surface area (TPSA) is 95.5 Å². The van der Waals surface area contributed by atoms with E-state index in [0.29, 0.717) is 59.3 Å². The molecule has 3 N–H and O–H groups in total. The molecule has 5 saturated carbocycles. The lowest BCUT2D eigenvalue weighted by Gasteiger charge is -2.72. The van der Waals surface area contributed by atoms with Crippen LogP contribution in [0.4, 0.5) is 0 Å². The van der Waals surface area contributed by atoms with Gasteiger partial charge in [0.05, 0.1) is 16.6 Å². The molecule has 1 heterocycles. The van der Waals surface area contributed by atoms with Crippen molar-refractivity contribution in [3.05, 3.63) is 53.6 Å². The minimum atomic E-state index is -2.91. The number of nitrogens with one attached hydrogen (secondary N) is 2. The van der Waals surface area contributed by atoms with E-state index in [-0.39, 0.29) is 32.4 Å². The van der Waals surface area contributed by atoms with Crippen molar-refractivity contribution < 1.29 is 18.3 Å². The van der Waals surface area contributed by atoms with Crippen LogP contribution in [0, 0.1) is 63.1 Å². The zero-order chi connectivity index (χ0) is 36.4. The van der Waals surface area contributed by atoms with Crippen molar-refractivity contribution in [2.45, 2.75) is 117 Å². The van der Waals surface area contributed by atoms with Crippen molar-refractivity contribution in [1.29, 1.82) is 0 Å². The maximum atomic E-state index is 12.6. The summed E-state index contributed by atoms with van der Waals surface area (Å²) in [6.45, 7) is 22.2. The summed E-state index contributed by atoms with van der Waals surface area (Å²) in [5.41, 5.74) is 5.20. The summed E-state index contributed by atoms with van der Waals surface area (Å²) in [5.74, 6) is 3.47. The molecule has 12 atom stereocenters. The van der Waals surface area contributed by atoms with Gasteiger partial charge < -0.3 is 15.7 Å². The highest BCUT2D eigenvalue weighted by molar-refractivity contribution is 7.92. The van der Waals surface area contributed by atoms with Crippen molar-refractivity contribution in [3.63, 3.8) is 0 Å². The Morgan fingerprint density at radius 2 is 1.67 bits per heavy atom. The van der Waals surface area contributed by atoms with Crippen LogP contribution < -0.4 is 10.6 Å². The fourth-order valence-corrected chi connectivity index (χ4v) is 17.3. The Labute approximate surface area is 308 Å². The minimum Gasteiger partial charge on any atom is -0.478 e. The number of rotatable bonds is 9. The SMILES string of the molecule is C=C(C)[C@@H]1CC[C@]2(NCCNC[C@@H]3C4CC4CS3(=O)=O)CC[C@]3(C)[C@H](CC[C@@H]4[C@@]5(C)CC=C(c6ccc(C(=O)O)cc6)C(C)(C)[C@@H]5CC[C@]43C)[C@@H]12. The van der Waals surface area contributed by atoms with E-state index in [0.717, 1.165) is 25.9 Å². The highest BCUT2D eigenvalue weighted by Crippen LogP contribution is 2.76. The molecular formula is C44H64N2O4S. The van der Waals surface area contributed by atoms with Crippen LogP contribution in [0.3, 0.4) is 0 Å². The smallest absolute Gasteiger partial charge is 0.335 e. The summed E-state index contributed by atoms with van der Waals surface area (Å²) < 4.78 is 25.2. The monoisotopic (exact) mass is 716 g/mol. The molecule has 1 aromatic rings. The predicted octanol–water partition coefficient (Wildman–Crippen LogP) is 8.40. The van der Waals surface area contributed by atoms with Crippen LogP contribution in [-0.4, -0.2) is 55.7 Å². The van der Waals surface area contributed by atoms with Crippen molar-refractivity contribution >= 4 is 21.4 Å². The highest BCUT2D eigenvalue weighted by Gasteiger charge is 2.70. The third-order valence-corrected chi connectivity index (χ3v) is 19.9. The van der Waals surface area contributed by atoms with Crippen molar-refractivity contribution in [3.8, 4) is 0 Å². The highest BCUT2D eigenvalue weighted by atomic mass is 32.2. The molecule has 6 aliphatic carbocycles. The maximum Gasteiger partial charge on any atom is 0.335 e. The van der Waals surface area contributed by atoms with E-state index in [9.17, 15) is 18.3 Å². The lowest BCUT2D eigenvalue weighted by Crippen LogP contribution is -2.68. The second-order valence-electron chi connectivity index (χ2n) is 19.9. The number of hydrogen-bond donors (Lipinski definition) is 3. The number of carboxylic acids is 1. The largest absolute Gasteiger partial charge is 0.478 e. The van der Waals surface area contributed by atoms with Gasteiger partial charge in [-0.1, -0.05) is 65.0 Å². The zero-order valence-corrected chi connectivity index (χ0v) is 33.0. The third-order valence-electron chi connectivity index (χ3n) is 17.6. The summed E-state index contributed by atoms with van der Waals surface area (Å²) in [5, 5.41) is 17.1. The minimum absolute atomic E-state index is 0.00924. The zero-order valence-electron chi connectivity index (χ0n) is 32.2. The molecule has 0 aromatic heterocycles. The normalized spacial score (nSPS) is 45.7. The van der Waals surface area contributed by atoms with Gasteiger partial charge >= 0.3 is 5.97 Å². The van der Waals surface area contributed by atoms with Gasteiger partial charge in [0.2, 0.25) is 0 Å². The van der Waals surface area contributed by atoms with Gasteiger partial charge in [-0.2, -0.15) is 0 Å². The Morgan fingerprint density at radius 3 is 2.33 bits per heavy atom. The second kappa shape index (κ2) is 12.0. The maximum absolute atomic E-state index is 12.6. The van der Waals surface area contributed by atoms with E-state index >= 15 is 0 Å². The number of benzene rings is 1. The first-order valence-electron chi connectivity index (χ1n) is 20.4. The molecule has 0 radical (unpaired) electrons. The molecule has 2 unspecified atom stereocenters. The van der Waals surface area contributed by atoms with Crippen LogP contribution >= 0.6 is 0 Å². The summed E-state index contributed by atoms with van der Waals surface area (Å²) in [7, 11) is -2.91. The molecule has 7 heteroatoms. The first-order valence-corrected chi connectivity index (χ1v) is 22.1. The molecule has 6 nitrogen and oxygen atoms in total. The van der Waals surface area contributed by atoms with Crippen LogP contribution in [-0.2, 0) is 9.84 Å². The molecule has 6 fully saturated rings. The van der Waals surface area contributed by atoms with Gasteiger partial charge in [0.1, 0.15) is 0 Å². The van der Waals surface area contributed by atoms with Gasteiger partial charge in [0.15, 0.2) is 9.84 Å². The van der Waals surface area contributed by atoms with Gasteiger partial charge in [-0.15, -0.1) is 0 Å². The van der Waals surface area contributed by atoms with Crippen molar-refractivity contribution in [2.75, 3.05) is 25.4 Å². The number of hydrogen-bond acceptors (Lipinski definition) is 5. The van der Waals surface area contributed by atoms with Crippen LogP contribution in [0.5, 0.6) is 0 Å². The second-order valence-corrected chi connectivity index (χ2v) is 22.2. The Hall–Kier alpha value is -1.96. The van der Waals surface area contributed by atoms with E-state index in [1.807, 2.05) is 12.1 Å². The van der Waals surface area contributed by atoms with Gasteiger partial charge in [-0.05, 0) is 157 Å². The molecule has 1 saturated heterocycles. The quantitative estimate of drug-likeness (QED) is 0.176. The standard InChI is InChI=1S/C44H64N2O4S/c1-27(2)31-14-19-44(46-23-22-45-25-35-32-24-30(32)26-51(35,49)50)21-20-42(6)34(38(31)44)12-13-37-41(5)17-15-33(28-8-10-29(11-9-28)39(47)48)40(3,4)36(41)16-18-43(37,42)7/h8-11,15,30-32,34-38,45-46H,1,12-14,16-26H2,2-7H3,(H,47,48)/t30?,31-,32?,34+,35+,36-,37+,38+,41-,42+,43+,44-/m0/s1. The Bertz CT molecular complexity index is 1730. The van der Waals surface area contributed by atoms with Gasteiger partial charge in [0.25, 0.3) is 0 Å². The Morgan fingerprint density at radius 1 is 0.922 bits per heavy atom. The van der Waals surface area contributed by atoms with E-state index in [1.165, 1.54) is 68.1 Å². The Kier molecular flexibility index (Phi) is 8.49. The number of carbonyl (C=O) groups is 1. The molecule has 280 valence electrons. The van der Waals surface area contributed by atoms with Crippen LogP contribution in [0.15, 0.2) is 42.5 Å². The lowest BCUT2D eigenvalue weighted by atomic mass is 9.33. The molecule has 1 aromatic carbocycles. The van der Waals surface area contributed by atoms with Crippen LogP contribution in [0.2, 0.25) is 0 Å². The molecule has 1 aliphatic heterocycles. The van der Waals surface area contributed by atoms with Gasteiger partial charge in [-0.25, -0.2) is 13.2 Å². The molecule has 0 spiro atoms. The summed E-state index contributed by atoms with van der Waals surface area (Å²) in [6.07, 6.45) is 14.8. The molecule has 0 amide bonds. The van der Waals surface area contributed by atoms with E-state index in [4.69, 9.17) is 0 Å². The first kappa shape index (κ1) is 36.0. The molecule has 51 heavy (non-hydrogen) atoms. The number of sulfone groups is 1. The fraction of sp³-hybridized carbons (Fsp3) is 0.750. The summed E-state index contributed by atoms with van der Waals surface area (Å²) >= 11 is 0. The number of aromatic carboxylic acids is 1. The predicted molar refractivity (Wildman–Crippen MR) is 206 cm³/mol. The van der Waals surface area contributed by atoms with E-state index in [2.05, 4.69) is 64.8 Å². The first-order chi connectivity index (χ1) is 24.0. The summed E-state index contributed by atoms with van der Waals surface area (Å²) in [4.78, 5) is 11.6. The van der Waals surface area contributed by atoms with Gasteiger partial charge in [-0.3, -0.25) is 0 Å².